The van der Waals surface area contributed by atoms with Crippen molar-refractivity contribution in [3.63, 3.8) is 0 Å². The Labute approximate surface area is 73.1 Å². The molecular formula is C11H15N. The van der Waals surface area contributed by atoms with Gasteiger partial charge in [0.05, 0.1) is 0 Å². The molecule has 0 aliphatic carbocycles. The molecular weight excluding hydrogens is 146 g/mol. The van der Waals surface area contributed by atoms with Gasteiger partial charge in [-0.1, -0.05) is 25.2 Å². The van der Waals surface area contributed by atoms with E-state index in [1.807, 2.05) is 25.3 Å². The van der Waals surface area contributed by atoms with Gasteiger partial charge in [0.15, 0.2) is 0 Å². The maximum absolute atomic E-state index is 3.19. The summed E-state index contributed by atoms with van der Waals surface area (Å²) in [4.78, 5) is 3.19. The van der Waals surface area contributed by atoms with Gasteiger partial charge < -0.3 is 4.98 Å². The van der Waals surface area contributed by atoms with Crippen molar-refractivity contribution in [1.29, 1.82) is 0 Å². The monoisotopic (exact) mass is 161 g/mol. The van der Waals surface area contributed by atoms with E-state index in [0.29, 0.717) is 0 Å². The molecule has 12 heavy (non-hydrogen) atoms. The van der Waals surface area contributed by atoms with E-state index in [2.05, 4.69) is 30.1 Å². The lowest BCUT2D eigenvalue weighted by atomic mass is 10.3. The Kier molecular flexibility index (Phi) is 3.39. The second-order valence-electron chi connectivity index (χ2n) is 2.65. The molecule has 1 N–H and O–H groups in total. The van der Waals surface area contributed by atoms with Gasteiger partial charge in [-0.2, -0.15) is 0 Å². The Bertz CT molecular complexity index is 355. The van der Waals surface area contributed by atoms with Crippen molar-refractivity contribution < 1.29 is 0 Å². The van der Waals surface area contributed by atoms with Crippen LogP contribution >= 0.6 is 0 Å². The Morgan fingerprint density at radius 2 is 2.33 bits per heavy atom. The highest BCUT2D eigenvalue weighted by atomic mass is 14.6. The van der Waals surface area contributed by atoms with Gasteiger partial charge in [-0.3, -0.25) is 0 Å². The first kappa shape index (κ1) is 8.85. The lowest BCUT2D eigenvalue weighted by Gasteiger charge is -1.78. The van der Waals surface area contributed by atoms with E-state index in [1.54, 1.807) is 0 Å². The molecule has 0 aliphatic heterocycles. The number of nitrogens with one attached hydrogen (secondary N) is 1. The highest BCUT2D eigenvalue weighted by Gasteiger charge is 1.81. The molecule has 0 bridgehead atoms. The predicted molar refractivity (Wildman–Crippen MR) is 54.1 cm³/mol. The van der Waals surface area contributed by atoms with Crippen molar-refractivity contribution in [2.24, 2.45) is 0 Å². The quantitative estimate of drug-likeness (QED) is 0.677. The molecule has 1 aromatic heterocycles. The Morgan fingerprint density at radius 3 is 3.00 bits per heavy atom. The van der Waals surface area contributed by atoms with Crippen molar-refractivity contribution in [3.8, 4) is 0 Å². The summed E-state index contributed by atoms with van der Waals surface area (Å²) in [6.45, 7) is 4.16. The van der Waals surface area contributed by atoms with E-state index in [1.165, 1.54) is 10.6 Å². The molecule has 0 saturated heterocycles. The zero-order valence-corrected chi connectivity index (χ0v) is 7.67. The van der Waals surface area contributed by atoms with Crippen molar-refractivity contribution >= 4 is 12.2 Å². The van der Waals surface area contributed by atoms with Crippen LogP contribution in [0.2, 0.25) is 0 Å². The van der Waals surface area contributed by atoms with Crippen molar-refractivity contribution in [1.82, 2.24) is 4.98 Å². The molecule has 0 radical (unpaired) electrons. The number of hydrogen-bond donors (Lipinski definition) is 1. The Balaban J connectivity index is 3.16. The summed E-state index contributed by atoms with van der Waals surface area (Å²) >= 11 is 0. The number of aromatic nitrogens is 1. The van der Waals surface area contributed by atoms with Gasteiger partial charge in [-0.15, -0.1) is 0 Å². The van der Waals surface area contributed by atoms with Crippen LogP contribution in [0.1, 0.15) is 20.3 Å². The molecule has 1 heteroatoms. The second kappa shape index (κ2) is 4.60. The number of aromatic amines is 1. The molecule has 0 amide bonds. The molecule has 0 unspecified atom stereocenters. The Morgan fingerprint density at radius 1 is 1.50 bits per heavy atom. The molecule has 1 heterocycles. The van der Waals surface area contributed by atoms with Crippen LogP contribution < -0.4 is 10.6 Å². The fourth-order valence-electron chi connectivity index (χ4n) is 1.13. The highest BCUT2D eigenvalue weighted by Crippen LogP contribution is 1.75. The smallest absolute Gasteiger partial charge is 0.0450 e. The summed E-state index contributed by atoms with van der Waals surface area (Å²) < 4.78 is 0. The molecule has 0 spiro atoms. The highest BCUT2D eigenvalue weighted by molar-refractivity contribution is 5.36. The SMILES string of the molecule is C\C=C/C=c1/[nH]cc/c1=C/CC. The van der Waals surface area contributed by atoms with Gasteiger partial charge in [0, 0.05) is 11.5 Å². The third kappa shape index (κ3) is 2.12. The molecule has 0 fully saturated rings. The fourth-order valence-corrected chi connectivity index (χ4v) is 1.13. The van der Waals surface area contributed by atoms with E-state index in [9.17, 15) is 0 Å². The van der Waals surface area contributed by atoms with Gasteiger partial charge in [0.25, 0.3) is 0 Å². The maximum atomic E-state index is 3.19. The van der Waals surface area contributed by atoms with Crippen molar-refractivity contribution in [2.45, 2.75) is 20.3 Å². The minimum absolute atomic E-state index is 1.08. The normalized spacial score (nSPS) is 14.8. The van der Waals surface area contributed by atoms with Crippen LogP contribution in [0.4, 0.5) is 0 Å². The minimum Gasteiger partial charge on any atom is -0.361 e. The van der Waals surface area contributed by atoms with E-state index >= 15 is 0 Å². The van der Waals surface area contributed by atoms with E-state index in [4.69, 9.17) is 0 Å². The predicted octanol–water partition coefficient (Wildman–Crippen LogP) is 1.56. The van der Waals surface area contributed by atoms with E-state index in [0.717, 1.165) is 6.42 Å². The molecule has 1 rings (SSSR count). The second-order valence-corrected chi connectivity index (χ2v) is 2.65. The summed E-state index contributed by atoms with van der Waals surface area (Å²) in [5, 5.41) is 2.48. The standard InChI is InChI=1S/C11H15N/c1-3-5-7-11-10(6-4-2)8-9-12-11/h3,5-9,12H,4H2,1-2H3/b5-3-,10-6-,11-7+. The summed E-state index contributed by atoms with van der Waals surface area (Å²) in [5.41, 5.74) is 0. The van der Waals surface area contributed by atoms with Crippen LogP contribution in [0.15, 0.2) is 24.4 Å². The molecule has 1 aromatic rings. The van der Waals surface area contributed by atoms with E-state index in [-0.39, 0.29) is 0 Å². The van der Waals surface area contributed by atoms with Crippen LogP contribution in [-0.4, -0.2) is 4.98 Å². The first-order chi connectivity index (χ1) is 5.88. The fraction of sp³-hybridized carbons (Fsp3) is 0.273. The van der Waals surface area contributed by atoms with Crippen LogP contribution in [0.25, 0.3) is 12.2 Å². The van der Waals surface area contributed by atoms with Gasteiger partial charge in [0.1, 0.15) is 0 Å². The molecule has 1 nitrogen and oxygen atoms in total. The minimum atomic E-state index is 1.08. The van der Waals surface area contributed by atoms with E-state index < -0.39 is 0 Å². The first-order valence-electron chi connectivity index (χ1n) is 4.35. The van der Waals surface area contributed by atoms with Gasteiger partial charge >= 0.3 is 0 Å². The van der Waals surface area contributed by atoms with Crippen molar-refractivity contribution in [3.05, 3.63) is 35.0 Å². The number of hydrogen-bond acceptors (Lipinski definition) is 0. The molecule has 0 aliphatic rings. The Hall–Kier alpha value is -1.24. The molecule has 0 atom stereocenters. The van der Waals surface area contributed by atoms with Crippen molar-refractivity contribution in [2.75, 3.05) is 0 Å². The lowest BCUT2D eigenvalue weighted by molar-refractivity contribution is 1.27. The topological polar surface area (TPSA) is 15.8 Å². The van der Waals surface area contributed by atoms with Crippen LogP contribution in [-0.2, 0) is 0 Å². The summed E-state index contributed by atoms with van der Waals surface area (Å²) in [5.74, 6) is 0. The maximum Gasteiger partial charge on any atom is 0.0450 e. The average Bonchev–Trinajstić information content (AvgIpc) is 2.50. The van der Waals surface area contributed by atoms with Crippen LogP contribution in [0.5, 0.6) is 0 Å². The number of rotatable bonds is 2. The molecule has 0 aromatic carbocycles. The number of allylic oxidation sites excluding steroid dienone is 2. The van der Waals surface area contributed by atoms with Gasteiger partial charge in [0.2, 0.25) is 0 Å². The third-order valence-corrected chi connectivity index (χ3v) is 1.69. The van der Waals surface area contributed by atoms with Gasteiger partial charge in [-0.25, -0.2) is 0 Å². The summed E-state index contributed by atoms with van der Waals surface area (Å²) in [6, 6.07) is 2.10. The average molecular weight is 161 g/mol. The number of H-pyrrole nitrogens is 1. The molecule has 64 valence electrons. The third-order valence-electron chi connectivity index (χ3n) is 1.69. The first-order valence-corrected chi connectivity index (χ1v) is 4.35. The summed E-state index contributed by atoms with van der Waals surface area (Å²) in [6.07, 6.45) is 11.4. The van der Waals surface area contributed by atoms with Crippen LogP contribution in [0.3, 0.4) is 0 Å². The zero-order chi connectivity index (χ0) is 8.81. The zero-order valence-electron chi connectivity index (χ0n) is 7.67. The molecule has 0 saturated carbocycles. The lowest BCUT2D eigenvalue weighted by Crippen LogP contribution is -2.21. The largest absolute Gasteiger partial charge is 0.361 e. The van der Waals surface area contributed by atoms with Crippen LogP contribution in [0, 0.1) is 0 Å². The summed E-state index contributed by atoms with van der Waals surface area (Å²) in [7, 11) is 0. The van der Waals surface area contributed by atoms with Gasteiger partial charge in [-0.05, 0) is 30.7 Å².